The minimum atomic E-state index is -0.224. The summed E-state index contributed by atoms with van der Waals surface area (Å²) in [5, 5.41) is 3.42. The monoisotopic (exact) mass is 259 g/mol. The molecule has 1 N–H and O–H groups in total. The van der Waals surface area contributed by atoms with Crippen LogP contribution >= 0.6 is 0 Å². The van der Waals surface area contributed by atoms with Gasteiger partial charge in [0.1, 0.15) is 17.3 Å². The molecular weight excluding hydrogens is 241 g/mol. The second-order valence-corrected chi connectivity index (χ2v) is 5.20. The number of nitrogens with one attached hydrogen (secondary N) is 1. The fourth-order valence-corrected chi connectivity index (χ4v) is 2.34. The van der Waals surface area contributed by atoms with Gasteiger partial charge in [-0.2, -0.15) is 0 Å². The van der Waals surface area contributed by atoms with E-state index in [4.69, 9.17) is 4.42 Å². The van der Waals surface area contributed by atoms with Gasteiger partial charge >= 0.3 is 0 Å². The van der Waals surface area contributed by atoms with Crippen LogP contribution in [0.15, 0.2) is 40.8 Å². The molecule has 1 aliphatic rings. The molecule has 0 radical (unpaired) electrons. The molecule has 2 aromatic rings. The van der Waals surface area contributed by atoms with Crippen molar-refractivity contribution in [1.29, 1.82) is 0 Å². The van der Waals surface area contributed by atoms with Crippen LogP contribution in [0.4, 0.5) is 4.39 Å². The Balaban J connectivity index is 1.57. The van der Waals surface area contributed by atoms with E-state index in [9.17, 15) is 4.39 Å². The zero-order valence-corrected chi connectivity index (χ0v) is 10.9. The van der Waals surface area contributed by atoms with Crippen LogP contribution in [0, 0.1) is 11.7 Å². The molecule has 1 fully saturated rings. The SMILES string of the molecule is Fc1ccc(-c2ccc(CNCC3CCC3)o2)cc1. The van der Waals surface area contributed by atoms with Crippen molar-refractivity contribution in [2.45, 2.75) is 25.8 Å². The van der Waals surface area contributed by atoms with E-state index in [1.165, 1.54) is 31.4 Å². The predicted molar refractivity (Wildman–Crippen MR) is 73.1 cm³/mol. The average Bonchev–Trinajstić information content (AvgIpc) is 2.82. The summed E-state index contributed by atoms with van der Waals surface area (Å²) in [6.07, 6.45) is 4.08. The number of rotatable bonds is 5. The van der Waals surface area contributed by atoms with Crippen molar-refractivity contribution >= 4 is 0 Å². The van der Waals surface area contributed by atoms with Crippen LogP contribution in [0.1, 0.15) is 25.0 Å². The van der Waals surface area contributed by atoms with Gasteiger partial charge in [0, 0.05) is 5.56 Å². The topological polar surface area (TPSA) is 25.2 Å². The maximum absolute atomic E-state index is 12.8. The molecule has 0 saturated heterocycles. The average molecular weight is 259 g/mol. The van der Waals surface area contributed by atoms with Gasteiger partial charge < -0.3 is 9.73 Å². The standard InChI is InChI=1S/C16H18FNO/c17-14-6-4-13(5-7-14)16-9-8-15(19-16)11-18-10-12-2-1-3-12/h4-9,12,18H,1-3,10-11H2. The summed E-state index contributed by atoms with van der Waals surface area (Å²) in [4.78, 5) is 0. The minimum absolute atomic E-state index is 0.224. The summed E-state index contributed by atoms with van der Waals surface area (Å²) in [7, 11) is 0. The quantitative estimate of drug-likeness (QED) is 0.878. The van der Waals surface area contributed by atoms with Crippen LogP contribution in [-0.2, 0) is 6.54 Å². The van der Waals surface area contributed by atoms with E-state index in [1.807, 2.05) is 12.1 Å². The molecule has 3 rings (SSSR count). The second kappa shape index (κ2) is 5.57. The van der Waals surface area contributed by atoms with E-state index >= 15 is 0 Å². The van der Waals surface area contributed by atoms with E-state index in [2.05, 4.69) is 5.32 Å². The summed E-state index contributed by atoms with van der Waals surface area (Å²) in [5.41, 5.74) is 0.909. The zero-order chi connectivity index (χ0) is 13.1. The van der Waals surface area contributed by atoms with Crippen LogP contribution in [0.3, 0.4) is 0 Å². The third-order valence-electron chi connectivity index (χ3n) is 3.75. The maximum Gasteiger partial charge on any atom is 0.134 e. The smallest absolute Gasteiger partial charge is 0.134 e. The number of benzene rings is 1. The molecule has 0 spiro atoms. The molecule has 0 unspecified atom stereocenters. The van der Waals surface area contributed by atoms with Crippen LogP contribution in [0.25, 0.3) is 11.3 Å². The summed E-state index contributed by atoms with van der Waals surface area (Å²) in [6.45, 7) is 1.84. The van der Waals surface area contributed by atoms with E-state index in [0.29, 0.717) is 0 Å². The normalized spacial score (nSPS) is 15.4. The molecule has 1 aromatic heterocycles. The Labute approximate surface area is 112 Å². The van der Waals surface area contributed by atoms with Crippen LogP contribution < -0.4 is 5.32 Å². The first-order chi connectivity index (χ1) is 9.31. The van der Waals surface area contributed by atoms with Gasteiger partial charge in [0.2, 0.25) is 0 Å². The second-order valence-electron chi connectivity index (χ2n) is 5.20. The maximum atomic E-state index is 12.8. The van der Waals surface area contributed by atoms with Gasteiger partial charge in [-0.1, -0.05) is 6.42 Å². The third kappa shape index (κ3) is 3.04. The third-order valence-corrected chi connectivity index (χ3v) is 3.75. The highest BCUT2D eigenvalue weighted by atomic mass is 19.1. The highest BCUT2D eigenvalue weighted by Gasteiger charge is 2.16. The van der Waals surface area contributed by atoms with Gasteiger partial charge in [0.05, 0.1) is 6.54 Å². The first kappa shape index (κ1) is 12.4. The van der Waals surface area contributed by atoms with Gasteiger partial charge in [0.15, 0.2) is 0 Å². The lowest BCUT2D eigenvalue weighted by molar-refractivity contribution is 0.297. The van der Waals surface area contributed by atoms with E-state index in [1.54, 1.807) is 12.1 Å². The van der Waals surface area contributed by atoms with E-state index in [-0.39, 0.29) is 5.82 Å². The summed E-state index contributed by atoms with van der Waals surface area (Å²) in [6, 6.07) is 10.3. The molecule has 1 saturated carbocycles. The Morgan fingerprint density at radius 3 is 2.58 bits per heavy atom. The first-order valence-electron chi connectivity index (χ1n) is 6.86. The number of halogens is 1. The Morgan fingerprint density at radius 2 is 1.89 bits per heavy atom. The van der Waals surface area contributed by atoms with E-state index < -0.39 is 0 Å². The molecule has 1 heterocycles. The molecule has 0 bridgehead atoms. The first-order valence-corrected chi connectivity index (χ1v) is 6.86. The lowest BCUT2D eigenvalue weighted by atomic mass is 9.85. The minimum Gasteiger partial charge on any atom is -0.460 e. The van der Waals surface area contributed by atoms with Gasteiger partial charge in [0.25, 0.3) is 0 Å². The molecular formula is C16H18FNO. The number of furan rings is 1. The number of hydrogen-bond acceptors (Lipinski definition) is 2. The lowest BCUT2D eigenvalue weighted by Gasteiger charge is -2.25. The predicted octanol–water partition coefficient (Wildman–Crippen LogP) is 3.98. The van der Waals surface area contributed by atoms with Crippen molar-refractivity contribution in [1.82, 2.24) is 5.32 Å². The molecule has 1 aliphatic carbocycles. The van der Waals surface area contributed by atoms with Crippen molar-refractivity contribution in [3.63, 3.8) is 0 Å². The Kier molecular flexibility index (Phi) is 3.65. The molecule has 0 aliphatic heterocycles. The largest absolute Gasteiger partial charge is 0.460 e. The van der Waals surface area contributed by atoms with Crippen molar-refractivity contribution in [2.24, 2.45) is 5.92 Å². The molecule has 100 valence electrons. The van der Waals surface area contributed by atoms with E-state index in [0.717, 1.165) is 36.1 Å². The van der Waals surface area contributed by atoms with Crippen LogP contribution in [0.2, 0.25) is 0 Å². The molecule has 0 atom stereocenters. The highest BCUT2D eigenvalue weighted by molar-refractivity contribution is 5.57. The summed E-state index contributed by atoms with van der Waals surface area (Å²) >= 11 is 0. The summed E-state index contributed by atoms with van der Waals surface area (Å²) < 4.78 is 18.6. The van der Waals surface area contributed by atoms with Crippen LogP contribution in [0.5, 0.6) is 0 Å². The highest BCUT2D eigenvalue weighted by Crippen LogP contribution is 2.25. The molecule has 2 nitrogen and oxygen atoms in total. The summed E-state index contributed by atoms with van der Waals surface area (Å²) in [5.74, 6) is 2.35. The Bertz CT molecular complexity index is 528. The Morgan fingerprint density at radius 1 is 1.11 bits per heavy atom. The van der Waals surface area contributed by atoms with Crippen LogP contribution in [-0.4, -0.2) is 6.54 Å². The van der Waals surface area contributed by atoms with Gasteiger partial charge in [-0.25, -0.2) is 4.39 Å². The molecule has 1 aromatic carbocycles. The van der Waals surface area contributed by atoms with Gasteiger partial charge in [-0.05, 0) is 61.7 Å². The number of hydrogen-bond donors (Lipinski definition) is 1. The fourth-order valence-electron chi connectivity index (χ4n) is 2.34. The van der Waals surface area contributed by atoms with Gasteiger partial charge in [-0.3, -0.25) is 0 Å². The van der Waals surface area contributed by atoms with Crippen molar-refractivity contribution in [3.8, 4) is 11.3 Å². The zero-order valence-electron chi connectivity index (χ0n) is 10.9. The molecule has 19 heavy (non-hydrogen) atoms. The van der Waals surface area contributed by atoms with Crippen molar-refractivity contribution in [2.75, 3.05) is 6.54 Å². The van der Waals surface area contributed by atoms with Crippen molar-refractivity contribution in [3.05, 3.63) is 48.0 Å². The van der Waals surface area contributed by atoms with Crippen molar-refractivity contribution < 1.29 is 8.81 Å². The van der Waals surface area contributed by atoms with Gasteiger partial charge in [-0.15, -0.1) is 0 Å². The lowest BCUT2D eigenvalue weighted by Crippen LogP contribution is -2.26. The molecule has 3 heteroatoms. The molecule has 0 amide bonds. The Hall–Kier alpha value is -1.61. The fraction of sp³-hybridized carbons (Fsp3) is 0.375.